The molecule has 0 aromatic rings. The first-order chi connectivity index (χ1) is 12.5. The van der Waals surface area contributed by atoms with E-state index in [-0.39, 0.29) is 17.8 Å². The topological polar surface area (TPSA) is 72.8 Å². The molecule has 3 aliphatic carbocycles. The molecule has 1 atom stereocenters. The number of rotatable bonds is 1. The van der Waals surface area contributed by atoms with Gasteiger partial charge in [0.15, 0.2) is 0 Å². The van der Waals surface area contributed by atoms with Crippen molar-refractivity contribution in [1.82, 2.24) is 0 Å². The van der Waals surface area contributed by atoms with Gasteiger partial charge in [-0.3, -0.25) is 0 Å². The SMILES string of the molecule is COC(=O)C1=CC=C2C3=C(C=C(C)C=C4COC(=O)C1=C43)CCC[C@H]2O. The number of hydrogen-bond acceptors (Lipinski definition) is 5. The van der Waals surface area contributed by atoms with Crippen LogP contribution in [0.2, 0.25) is 0 Å². The van der Waals surface area contributed by atoms with E-state index in [2.05, 4.69) is 6.08 Å². The molecule has 1 N–H and O–H groups in total. The molecular weight excluding hydrogens is 332 g/mol. The lowest BCUT2D eigenvalue weighted by atomic mass is 9.83. The molecule has 0 aromatic carbocycles. The maximum absolute atomic E-state index is 12.6. The monoisotopic (exact) mass is 352 g/mol. The predicted molar refractivity (Wildman–Crippen MR) is 94.9 cm³/mol. The average Bonchev–Trinajstić information content (AvgIpc) is 2.94. The van der Waals surface area contributed by atoms with Gasteiger partial charge >= 0.3 is 11.9 Å². The van der Waals surface area contributed by atoms with E-state index < -0.39 is 18.0 Å². The summed E-state index contributed by atoms with van der Waals surface area (Å²) in [5, 5.41) is 10.7. The Bertz CT molecular complexity index is 905. The zero-order chi connectivity index (χ0) is 18.4. The number of ether oxygens (including phenoxy) is 2. The van der Waals surface area contributed by atoms with E-state index >= 15 is 0 Å². The molecule has 0 aromatic heterocycles. The van der Waals surface area contributed by atoms with Crippen molar-refractivity contribution in [3.8, 4) is 0 Å². The first-order valence-electron chi connectivity index (χ1n) is 8.74. The zero-order valence-corrected chi connectivity index (χ0v) is 14.8. The van der Waals surface area contributed by atoms with Crippen molar-refractivity contribution in [2.45, 2.75) is 32.3 Å². The number of methoxy groups -OCH3 is 1. The van der Waals surface area contributed by atoms with Gasteiger partial charge in [0, 0.05) is 5.57 Å². The molecule has 5 heteroatoms. The number of aliphatic hydroxyl groups excluding tert-OH is 1. The molecule has 0 amide bonds. The van der Waals surface area contributed by atoms with Gasteiger partial charge in [0.25, 0.3) is 0 Å². The van der Waals surface area contributed by atoms with Crippen molar-refractivity contribution in [2.24, 2.45) is 0 Å². The number of carbonyl (C=O) groups is 2. The van der Waals surface area contributed by atoms with E-state index in [0.29, 0.717) is 12.0 Å². The Hall–Kier alpha value is -2.66. The number of carbonyl (C=O) groups excluding carboxylic acids is 2. The molecular formula is C21H20O5. The summed E-state index contributed by atoms with van der Waals surface area (Å²) in [4.78, 5) is 25.0. The molecule has 4 aliphatic rings. The summed E-state index contributed by atoms with van der Waals surface area (Å²) in [6.45, 7) is 2.15. The Kier molecular flexibility index (Phi) is 4.04. The van der Waals surface area contributed by atoms with Crippen molar-refractivity contribution in [1.29, 1.82) is 0 Å². The molecule has 0 saturated heterocycles. The van der Waals surface area contributed by atoms with Crippen LogP contribution >= 0.6 is 0 Å². The van der Waals surface area contributed by atoms with Crippen LogP contribution in [0.5, 0.6) is 0 Å². The smallest absolute Gasteiger partial charge is 0.339 e. The summed E-state index contributed by atoms with van der Waals surface area (Å²) < 4.78 is 10.2. The minimum atomic E-state index is -0.643. The van der Waals surface area contributed by atoms with Gasteiger partial charge in [-0.1, -0.05) is 23.8 Å². The molecule has 4 rings (SSSR count). The van der Waals surface area contributed by atoms with Gasteiger partial charge in [0.1, 0.15) is 6.61 Å². The zero-order valence-electron chi connectivity index (χ0n) is 14.8. The van der Waals surface area contributed by atoms with Crippen LogP contribution in [0.1, 0.15) is 26.2 Å². The van der Waals surface area contributed by atoms with Crippen LogP contribution in [0.15, 0.2) is 68.9 Å². The fourth-order valence-corrected chi connectivity index (χ4v) is 4.08. The van der Waals surface area contributed by atoms with E-state index in [4.69, 9.17) is 9.47 Å². The number of aliphatic hydroxyl groups is 1. The molecule has 0 saturated carbocycles. The first kappa shape index (κ1) is 16.8. The molecule has 0 fully saturated rings. The first-order valence-corrected chi connectivity index (χ1v) is 8.74. The maximum atomic E-state index is 12.6. The van der Waals surface area contributed by atoms with Gasteiger partial charge in [-0.25, -0.2) is 9.59 Å². The van der Waals surface area contributed by atoms with E-state index in [9.17, 15) is 14.7 Å². The van der Waals surface area contributed by atoms with Crippen LogP contribution in [-0.2, 0) is 19.1 Å². The lowest BCUT2D eigenvalue weighted by Gasteiger charge is -2.26. The summed E-state index contributed by atoms with van der Waals surface area (Å²) in [5.74, 6) is -1.13. The van der Waals surface area contributed by atoms with Crippen molar-refractivity contribution >= 4 is 11.9 Å². The lowest BCUT2D eigenvalue weighted by molar-refractivity contribution is -0.141. The number of allylic oxidation sites excluding steroid dienone is 6. The average molecular weight is 352 g/mol. The predicted octanol–water partition coefficient (Wildman–Crippen LogP) is 2.61. The molecule has 1 heterocycles. The molecule has 0 unspecified atom stereocenters. The third-order valence-corrected chi connectivity index (χ3v) is 5.18. The van der Waals surface area contributed by atoms with Crippen molar-refractivity contribution in [2.75, 3.05) is 13.7 Å². The summed E-state index contributed by atoms with van der Waals surface area (Å²) in [6.07, 6.45) is 9.06. The van der Waals surface area contributed by atoms with Crippen LogP contribution in [0, 0.1) is 0 Å². The van der Waals surface area contributed by atoms with Gasteiger partial charge in [-0.2, -0.15) is 0 Å². The largest absolute Gasteiger partial charge is 0.465 e. The Morgan fingerprint density at radius 1 is 1.23 bits per heavy atom. The second-order valence-electron chi connectivity index (χ2n) is 6.89. The van der Waals surface area contributed by atoms with Gasteiger partial charge < -0.3 is 14.6 Å². The van der Waals surface area contributed by atoms with Crippen molar-refractivity contribution in [3.63, 3.8) is 0 Å². The highest BCUT2D eigenvalue weighted by atomic mass is 16.5. The molecule has 5 nitrogen and oxygen atoms in total. The highest BCUT2D eigenvalue weighted by molar-refractivity contribution is 6.10. The standard InChI is InChI=1S/C21H20O5/c1-11-8-12-4-3-5-16(22)14-6-7-15(20(23)25-2)19-18(17(12)14)13(9-11)10-26-21(19)24/h6-9,16,22H,3-5,10H2,1-2H3/t16-/m1/s1. The number of cyclic esters (lactones) is 1. The summed E-state index contributed by atoms with van der Waals surface area (Å²) in [7, 11) is 1.29. The fraction of sp³-hybridized carbons (Fsp3) is 0.333. The Morgan fingerprint density at radius 2 is 2.04 bits per heavy atom. The summed E-state index contributed by atoms with van der Waals surface area (Å²) in [6, 6.07) is 0. The van der Waals surface area contributed by atoms with Crippen LogP contribution < -0.4 is 0 Å². The summed E-state index contributed by atoms with van der Waals surface area (Å²) >= 11 is 0. The minimum Gasteiger partial charge on any atom is -0.465 e. The quantitative estimate of drug-likeness (QED) is 0.735. The second-order valence-corrected chi connectivity index (χ2v) is 6.89. The molecule has 0 bridgehead atoms. The van der Waals surface area contributed by atoms with E-state index in [1.165, 1.54) is 7.11 Å². The van der Waals surface area contributed by atoms with Gasteiger partial charge in [-0.05, 0) is 54.6 Å². The van der Waals surface area contributed by atoms with Crippen molar-refractivity contribution in [3.05, 3.63) is 68.9 Å². The normalized spacial score (nSPS) is 24.9. The lowest BCUT2D eigenvalue weighted by Crippen LogP contribution is -2.25. The van der Waals surface area contributed by atoms with Crippen LogP contribution in [-0.4, -0.2) is 36.9 Å². The maximum Gasteiger partial charge on any atom is 0.339 e. The fourth-order valence-electron chi connectivity index (χ4n) is 4.08. The van der Waals surface area contributed by atoms with E-state index in [1.54, 1.807) is 12.2 Å². The Morgan fingerprint density at radius 3 is 2.81 bits per heavy atom. The summed E-state index contributed by atoms with van der Waals surface area (Å²) in [5.41, 5.74) is 5.68. The minimum absolute atomic E-state index is 0.150. The van der Waals surface area contributed by atoms with E-state index in [0.717, 1.165) is 40.7 Å². The van der Waals surface area contributed by atoms with Crippen LogP contribution in [0.25, 0.3) is 0 Å². The Labute approximate surface area is 151 Å². The van der Waals surface area contributed by atoms with Gasteiger partial charge in [0.2, 0.25) is 0 Å². The Balaban J connectivity index is 2.11. The van der Waals surface area contributed by atoms with Crippen molar-refractivity contribution < 1.29 is 24.2 Å². The molecule has 0 spiro atoms. The van der Waals surface area contributed by atoms with Crippen LogP contribution in [0.4, 0.5) is 0 Å². The van der Waals surface area contributed by atoms with Gasteiger partial charge in [0.05, 0.1) is 24.4 Å². The highest BCUT2D eigenvalue weighted by Crippen LogP contribution is 2.45. The molecule has 0 radical (unpaired) electrons. The number of hydrogen-bond donors (Lipinski definition) is 1. The van der Waals surface area contributed by atoms with E-state index in [1.807, 2.05) is 13.0 Å². The number of esters is 2. The van der Waals surface area contributed by atoms with Crippen LogP contribution in [0.3, 0.4) is 0 Å². The third kappa shape index (κ3) is 2.51. The highest BCUT2D eigenvalue weighted by Gasteiger charge is 2.38. The second kappa shape index (κ2) is 6.25. The molecule has 1 aliphatic heterocycles. The third-order valence-electron chi connectivity index (χ3n) is 5.18. The molecule has 26 heavy (non-hydrogen) atoms. The molecule has 134 valence electrons. The van der Waals surface area contributed by atoms with Gasteiger partial charge in [-0.15, -0.1) is 0 Å².